The number of rotatable bonds is 4. The first-order valence-corrected chi connectivity index (χ1v) is 8.57. The fraction of sp³-hybridized carbons (Fsp3) is 0.167. The molecule has 0 unspecified atom stereocenters. The lowest BCUT2D eigenvalue weighted by Crippen LogP contribution is -2.20. The van der Waals surface area contributed by atoms with Gasteiger partial charge in [0.2, 0.25) is 5.95 Å². The third-order valence-electron chi connectivity index (χ3n) is 3.76. The molecule has 2 aromatic carbocycles. The van der Waals surface area contributed by atoms with E-state index in [0.29, 0.717) is 22.6 Å². The van der Waals surface area contributed by atoms with Crippen LogP contribution in [0.2, 0.25) is 5.02 Å². The molecule has 0 aliphatic heterocycles. The summed E-state index contributed by atoms with van der Waals surface area (Å²) in [4.78, 5) is 4.23. The van der Waals surface area contributed by atoms with Crippen LogP contribution in [0.15, 0.2) is 48.8 Å². The SMILES string of the molecule is Cc1ccc(NC(=S)Nc2ncn(Cc3cccc(Cl)c3)n2)cc1C. The number of aromatic nitrogens is 3. The van der Waals surface area contributed by atoms with E-state index >= 15 is 0 Å². The summed E-state index contributed by atoms with van der Waals surface area (Å²) in [6.45, 7) is 4.73. The second-order valence-electron chi connectivity index (χ2n) is 5.77. The topological polar surface area (TPSA) is 54.8 Å². The van der Waals surface area contributed by atoms with Gasteiger partial charge in [-0.1, -0.05) is 29.8 Å². The molecule has 0 spiro atoms. The van der Waals surface area contributed by atoms with Gasteiger partial charge < -0.3 is 5.32 Å². The number of aryl methyl sites for hydroxylation is 2. The Hall–Kier alpha value is -2.44. The first-order chi connectivity index (χ1) is 12.0. The van der Waals surface area contributed by atoms with Gasteiger partial charge in [0.25, 0.3) is 0 Å². The molecule has 7 heteroatoms. The van der Waals surface area contributed by atoms with E-state index in [0.717, 1.165) is 11.3 Å². The zero-order valence-electron chi connectivity index (χ0n) is 14.0. The van der Waals surface area contributed by atoms with Crippen LogP contribution >= 0.6 is 23.8 Å². The predicted molar refractivity (Wildman–Crippen MR) is 106 cm³/mol. The van der Waals surface area contributed by atoms with Gasteiger partial charge in [-0.05, 0) is 67.0 Å². The Morgan fingerprint density at radius 2 is 1.96 bits per heavy atom. The van der Waals surface area contributed by atoms with E-state index in [1.165, 1.54) is 11.1 Å². The van der Waals surface area contributed by atoms with Crippen LogP contribution in [0.25, 0.3) is 0 Å². The van der Waals surface area contributed by atoms with Gasteiger partial charge >= 0.3 is 0 Å². The van der Waals surface area contributed by atoms with Crippen molar-refractivity contribution < 1.29 is 0 Å². The van der Waals surface area contributed by atoms with E-state index in [1.807, 2.05) is 30.3 Å². The minimum atomic E-state index is 0.448. The van der Waals surface area contributed by atoms with E-state index in [-0.39, 0.29) is 0 Å². The van der Waals surface area contributed by atoms with Gasteiger partial charge in [-0.15, -0.1) is 5.10 Å². The van der Waals surface area contributed by atoms with Crippen molar-refractivity contribution >= 4 is 40.6 Å². The third-order valence-corrected chi connectivity index (χ3v) is 4.20. The molecule has 0 saturated carbocycles. The van der Waals surface area contributed by atoms with Gasteiger partial charge in [-0.25, -0.2) is 9.67 Å². The van der Waals surface area contributed by atoms with Gasteiger partial charge in [-0.3, -0.25) is 5.32 Å². The van der Waals surface area contributed by atoms with E-state index < -0.39 is 0 Å². The Bertz CT molecular complexity index is 906. The Morgan fingerprint density at radius 3 is 2.72 bits per heavy atom. The average molecular weight is 372 g/mol. The smallest absolute Gasteiger partial charge is 0.248 e. The number of benzene rings is 2. The lowest BCUT2D eigenvalue weighted by Gasteiger charge is -2.09. The van der Waals surface area contributed by atoms with Crippen LogP contribution in [0.4, 0.5) is 11.6 Å². The summed E-state index contributed by atoms with van der Waals surface area (Å²) in [7, 11) is 0. The first-order valence-electron chi connectivity index (χ1n) is 7.79. The fourth-order valence-corrected chi connectivity index (χ4v) is 2.76. The maximum atomic E-state index is 6.00. The summed E-state index contributed by atoms with van der Waals surface area (Å²) >= 11 is 11.3. The van der Waals surface area contributed by atoms with Crippen LogP contribution in [0.1, 0.15) is 16.7 Å². The van der Waals surface area contributed by atoms with Crippen molar-refractivity contribution in [3.63, 3.8) is 0 Å². The van der Waals surface area contributed by atoms with Crippen LogP contribution in [0, 0.1) is 13.8 Å². The third kappa shape index (κ3) is 4.78. The molecule has 128 valence electrons. The summed E-state index contributed by atoms with van der Waals surface area (Å²) in [6.07, 6.45) is 1.65. The van der Waals surface area contributed by atoms with Crippen LogP contribution in [-0.4, -0.2) is 19.9 Å². The number of hydrogen-bond acceptors (Lipinski definition) is 3. The van der Waals surface area contributed by atoms with Crippen LogP contribution in [0.5, 0.6) is 0 Å². The van der Waals surface area contributed by atoms with Gasteiger partial charge in [0.05, 0.1) is 6.54 Å². The highest BCUT2D eigenvalue weighted by atomic mass is 35.5. The Kier molecular flexibility index (Phi) is 5.31. The van der Waals surface area contributed by atoms with E-state index in [1.54, 1.807) is 11.0 Å². The minimum Gasteiger partial charge on any atom is -0.332 e. The number of halogens is 1. The molecular weight excluding hydrogens is 354 g/mol. The van der Waals surface area contributed by atoms with Gasteiger partial charge in [-0.2, -0.15) is 0 Å². The maximum Gasteiger partial charge on any atom is 0.248 e. The molecule has 0 amide bonds. The van der Waals surface area contributed by atoms with Gasteiger partial charge in [0.1, 0.15) is 6.33 Å². The van der Waals surface area contributed by atoms with E-state index in [4.69, 9.17) is 23.8 Å². The fourth-order valence-electron chi connectivity index (χ4n) is 2.33. The average Bonchev–Trinajstić information content (AvgIpc) is 2.98. The highest BCUT2D eigenvalue weighted by Gasteiger charge is 2.05. The van der Waals surface area contributed by atoms with Crippen molar-refractivity contribution in [1.29, 1.82) is 0 Å². The number of thiocarbonyl (C=S) groups is 1. The molecule has 25 heavy (non-hydrogen) atoms. The van der Waals surface area contributed by atoms with Crippen molar-refractivity contribution in [2.75, 3.05) is 10.6 Å². The van der Waals surface area contributed by atoms with Crippen LogP contribution in [-0.2, 0) is 6.54 Å². The molecule has 3 rings (SSSR count). The Balaban J connectivity index is 1.60. The monoisotopic (exact) mass is 371 g/mol. The highest BCUT2D eigenvalue weighted by molar-refractivity contribution is 7.80. The largest absolute Gasteiger partial charge is 0.332 e. The van der Waals surface area contributed by atoms with Crippen LogP contribution < -0.4 is 10.6 Å². The number of nitrogens with zero attached hydrogens (tertiary/aromatic N) is 3. The molecule has 0 aliphatic rings. The van der Waals surface area contributed by atoms with Gasteiger partial charge in [0.15, 0.2) is 5.11 Å². The molecule has 0 bridgehead atoms. The van der Waals surface area contributed by atoms with E-state index in [2.05, 4.69) is 46.7 Å². The van der Waals surface area contributed by atoms with Crippen molar-refractivity contribution in [3.8, 4) is 0 Å². The Labute approximate surface area is 157 Å². The lowest BCUT2D eigenvalue weighted by molar-refractivity contribution is 0.687. The van der Waals surface area contributed by atoms with Crippen molar-refractivity contribution in [3.05, 3.63) is 70.5 Å². The van der Waals surface area contributed by atoms with Crippen molar-refractivity contribution in [2.24, 2.45) is 0 Å². The molecule has 0 saturated heterocycles. The zero-order valence-corrected chi connectivity index (χ0v) is 15.5. The van der Waals surface area contributed by atoms with Crippen molar-refractivity contribution in [2.45, 2.75) is 20.4 Å². The number of anilines is 2. The standard InChI is InChI=1S/C18H18ClN5S/c1-12-6-7-16(8-13(12)2)21-18(25)22-17-20-11-24(23-17)10-14-4-3-5-15(19)9-14/h3-9,11H,10H2,1-2H3,(H2,21,22,23,25). The van der Waals surface area contributed by atoms with E-state index in [9.17, 15) is 0 Å². The predicted octanol–water partition coefficient (Wildman–Crippen LogP) is 4.41. The summed E-state index contributed by atoms with van der Waals surface area (Å²) < 4.78 is 1.73. The minimum absolute atomic E-state index is 0.448. The molecule has 0 aliphatic carbocycles. The normalized spacial score (nSPS) is 10.5. The summed E-state index contributed by atoms with van der Waals surface area (Å²) in [5, 5.41) is 11.7. The first kappa shape index (κ1) is 17.4. The molecule has 3 aromatic rings. The molecule has 1 aromatic heterocycles. The molecule has 0 radical (unpaired) electrons. The number of nitrogens with one attached hydrogen (secondary N) is 2. The summed E-state index contributed by atoms with van der Waals surface area (Å²) in [5.41, 5.74) is 4.43. The zero-order chi connectivity index (χ0) is 17.8. The molecule has 5 nitrogen and oxygen atoms in total. The van der Waals surface area contributed by atoms with Crippen molar-refractivity contribution in [1.82, 2.24) is 14.8 Å². The summed E-state index contributed by atoms with van der Waals surface area (Å²) in [5.74, 6) is 0.448. The second-order valence-corrected chi connectivity index (χ2v) is 6.62. The maximum absolute atomic E-state index is 6.00. The molecule has 0 fully saturated rings. The quantitative estimate of drug-likeness (QED) is 0.665. The molecule has 2 N–H and O–H groups in total. The molecule has 1 heterocycles. The molecular formula is C18H18ClN5S. The molecule has 0 atom stereocenters. The lowest BCUT2D eigenvalue weighted by atomic mass is 10.1. The van der Waals surface area contributed by atoms with Crippen LogP contribution in [0.3, 0.4) is 0 Å². The second kappa shape index (κ2) is 7.63. The Morgan fingerprint density at radius 1 is 1.12 bits per heavy atom. The van der Waals surface area contributed by atoms with Gasteiger partial charge in [0, 0.05) is 10.7 Å². The number of hydrogen-bond donors (Lipinski definition) is 2. The summed E-state index contributed by atoms with van der Waals surface area (Å²) in [6, 6.07) is 13.7. The highest BCUT2D eigenvalue weighted by Crippen LogP contribution is 2.15.